The van der Waals surface area contributed by atoms with Crippen LogP contribution >= 0.6 is 11.8 Å². The van der Waals surface area contributed by atoms with Gasteiger partial charge in [0.1, 0.15) is 0 Å². The van der Waals surface area contributed by atoms with Gasteiger partial charge in [0.25, 0.3) is 0 Å². The number of halogens is 1. The number of carboxylic acids is 1. The molecule has 0 aliphatic heterocycles. The molecule has 0 unspecified atom stereocenters. The van der Waals surface area contributed by atoms with Crippen molar-refractivity contribution in [2.24, 2.45) is 0 Å². The van der Waals surface area contributed by atoms with Gasteiger partial charge >= 0.3 is 5.97 Å². The third-order valence-electron chi connectivity index (χ3n) is 1.44. The summed E-state index contributed by atoms with van der Waals surface area (Å²) in [6, 6.07) is 7.05. The van der Waals surface area contributed by atoms with Gasteiger partial charge in [-0.3, -0.25) is 4.84 Å². The molecule has 0 bridgehead atoms. The van der Waals surface area contributed by atoms with Crippen LogP contribution < -0.4 is 4.84 Å². The van der Waals surface area contributed by atoms with Gasteiger partial charge in [-0.2, -0.15) is 0 Å². The van der Waals surface area contributed by atoms with E-state index in [0.717, 1.165) is 17.3 Å². The maximum atomic E-state index is 10.2. The minimum Gasteiger partial charge on any atom is -0.478 e. The maximum Gasteiger partial charge on any atom is 0.328 e. The van der Waals surface area contributed by atoms with Gasteiger partial charge in [0, 0.05) is 23.5 Å². The number of hydrogen-bond donors (Lipinski definition) is 2. The molecule has 1 rings (SSSR count). The summed E-state index contributed by atoms with van der Waals surface area (Å²) < 4.78 is 0. The Labute approximate surface area is 80.8 Å². The van der Waals surface area contributed by atoms with E-state index in [-0.39, 0.29) is 0 Å². The fraction of sp³-hybridized carbons (Fsp3) is 0. The van der Waals surface area contributed by atoms with E-state index in [0.29, 0.717) is 0 Å². The summed E-state index contributed by atoms with van der Waals surface area (Å²) in [5, 5.41) is 8.36. The monoisotopic (exact) mass is 197 g/mol. The van der Waals surface area contributed by atoms with Gasteiger partial charge in [0.05, 0.1) is 0 Å². The first-order valence-electron chi connectivity index (χ1n) is 3.60. The summed E-state index contributed by atoms with van der Waals surface area (Å²) in [5.74, 6) is -0.959. The van der Waals surface area contributed by atoms with Crippen molar-refractivity contribution in [3.8, 4) is 0 Å². The highest BCUT2D eigenvalue weighted by atomic mass is 35.5. The van der Waals surface area contributed by atoms with Gasteiger partial charge in [-0.25, -0.2) is 4.79 Å². The van der Waals surface area contributed by atoms with Crippen LogP contribution in [0.4, 0.5) is 5.69 Å². The van der Waals surface area contributed by atoms with Crippen molar-refractivity contribution < 1.29 is 9.90 Å². The molecular weight excluding hydrogens is 190 g/mol. The van der Waals surface area contributed by atoms with E-state index >= 15 is 0 Å². The van der Waals surface area contributed by atoms with Crippen LogP contribution in [0.3, 0.4) is 0 Å². The Bertz CT molecular complexity index is 319. The average molecular weight is 198 g/mol. The Balaban J connectivity index is 2.75. The molecule has 0 aromatic heterocycles. The molecular formula is C9H8ClNO2. The molecule has 68 valence electrons. The molecule has 2 N–H and O–H groups in total. The third-order valence-corrected chi connectivity index (χ3v) is 1.66. The van der Waals surface area contributed by atoms with Gasteiger partial charge in [-0.05, 0) is 23.8 Å². The molecule has 0 saturated carbocycles. The fourth-order valence-corrected chi connectivity index (χ4v) is 0.951. The molecule has 0 radical (unpaired) electrons. The van der Waals surface area contributed by atoms with Crippen molar-refractivity contribution in [1.82, 2.24) is 0 Å². The molecule has 1 aromatic rings. The summed E-state index contributed by atoms with van der Waals surface area (Å²) >= 11 is 5.34. The Morgan fingerprint density at radius 1 is 1.38 bits per heavy atom. The molecule has 0 amide bonds. The van der Waals surface area contributed by atoms with E-state index in [4.69, 9.17) is 16.9 Å². The predicted octanol–water partition coefficient (Wildman–Crippen LogP) is 2.35. The lowest BCUT2D eigenvalue weighted by Crippen LogP contribution is -1.85. The minimum atomic E-state index is -0.959. The Morgan fingerprint density at radius 2 is 2.00 bits per heavy atom. The summed E-state index contributed by atoms with van der Waals surface area (Å²) in [6.45, 7) is 0. The van der Waals surface area contributed by atoms with Crippen molar-refractivity contribution in [2.45, 2.75) is 0 Å². The van der Waals surface area contributed by atoms with Crippen LogP contribution in [0.2, 0.25) is 0 Å². The van der Waals surface area contributed by atoms with Crippen LogP contribution in [0.25, 0.3) is 6.08 Å². The van der Waals surface area contributed by atoms with Gasteiger partial charge in [0.15, 0.2) is 0 Å². The number of carbonyl (C=O) groups is 1. The lowest BCUT2D eigenvalue weighted by Gasteiger charge is -1.96. The number of hydrogen-bond acceptors (Lipinski definition) is 2. The number of nitrogens with one attached hydrogen (secondary N) is 1. The smallest absolute Gasteiger partial charge is 0.328 e. The first-order valence-corrected chi connectivity index (χ1v) is 3.98. The topological polar surface area (TPSA) is 49.3 Å². The summed E-state index contributed by atoms with van der Waals surface area (Å²) in [6.07, 6.45) is 2.60. The van der Waals surface area contributed by atoms with Crippen LogP contribution in [0.15, 0.2) is 30.3 Å². The van der Waals surface area contributed by atoms with Crippen molar-refractivity contribution in [3.63, 3.8) is 0 Å². The van der Waals surface area contributed by atoms with Gasteiger partial charge in [0.2, 0.25) is 0 Å². The van der Waals surface area contributed by atoms with Crippen LogP contribution in [-0.2, 0) is 4.79 Å². The lowest BCUT2D eigenvalue weighted by atomic mass is 10.2. The molecule has 0 aliphatic rings. The molecule has 0 spiro atoms. The Hall–Kier alpha value is -1.48. The zero-order chi connectivity index (χ0) is 9.68. The Morgan fingerprint density at radius 3 is 2.46 bits per heavy atom. The largest absolute Gasteiger partial charge is 0.478 e. The summed E-state index contributed by atoms with van der Waals surface area (Å²) in [7, 11) is 0. The number of aliphatic carboxylic acids is 1. The number of carboxylic acid groups (broad SMARTS) is 1. The van der Waals surface area contributed by atoms with E-state index in [1.54, 1.807) is 24.3 Å². The van der Waals surface area contributed by atoms with Crippen molar-refractivity contribution in [2.75, 3.05) is 4.84 Å². The molecule has 13 heavy (non-hydrogen) atoms. The number of benzene rings is 1. The van der Waals surface area contributed by atoms with Crippen LogP contribution in [0, 0.1) is 0 Å². The first kappa shape index (κ1) is 9.61. The van der Waals surface area contributed by atoms with Crippen molar-refractivity contribution >= 4 is 29.5 Å². The molecule has 0 atom stereocenters. The lowest BCUT2D eigenvalue weighted by molar-refractivity contribution is -0.131. The van der Waals surface area contributed by atoms with Gasteiger partial charge < -0.3 is 5.11 Å². The molecule has 1 aromatic carbocycles. The standard InChI is InChI=1S/C9H8ClNO2/c10-11-8-4-1-7(2-5-8)3-6-9(12)13/h1-6,11H,(H,12,13)/b6-3+. The second-order valence-corrected chi connectivity index (χ2v) is 2.58. The molecule has 0 aliphatic carbocycles. The number of anilines is 1. The van der Waals surface area contributed by atoms with E-state index < -0.39 is 5.97 Å². The highest BCUT2D eigenvalue weighted by molar-refractivity contribution is 6.23. The molecule has 3 nitrogen and oxygen atoms in total. The van der Waals surface area contributed by atoms with E-state index in [1.807, 2.05) is 0 Å². The van der Waals surface area contributed by atoms with Crippen LogP contribution in [-0.4, -0.2) is 11.1 Å². The zero-order valence-corrected chi connectivity index (χ0v) is 7.45. The third kappa shape index (κ3) is 3.17. The van der Waals surface area contributed by atoms with Gasteiger partial charge in [-0.15, -0.1) is 0 Å². The van der Waals surface area contributed by atoms with Crippen LogP contribution in [0.5, 0.6) is 0 Å². The Kier molecular flexibility index (Phi) is 3.34. The molecule has 0 fully saturated rings. The molecule has 0 saturated heterocycles. The van der Waals surface area contributed by atoms with E-state index in [9.17, 15) is 4.79 Å². The van der Waals surface area contributed by atoms with E-state index in [2.05, 4.69) is 4.84 Å². The minimum absolute atomic E-state index is 0.772. The predicted molar refractivity (Wildman–Crippen MR) is 52.6 cm³/mol. The second-order valence-electron chi connectivity index (χ2n) is 2.39. The normalized spacial score (nSPS) is 10.2. The highest BCUT2D eigenvalue weighted by Crippen LogP contribution is 2.10. The zero-order valence-electron chi connectivity index (χ0n) is 6.70. The highest BCUT2D eigenvalue weighted by Gasteiger charge is 1.90. The SMILES string of the molecule is O=C(O)/C=C/c1ccc(NCl)cc1. The van der Waals surface area contributed by atoms with Gasteiger partial charge in [-0.1, -0.05) is 12.1 Å². The van der Waals surface area contributed by atoms with E-state index in [1.165, 1.54) is 6.08 Å². The number of rotatable bonds is 3. The average Bonchev–Trinajstić information content (AvgIpc) is 2.15. The second kappa shape index (κ2) is 4.52. The van der Waals surface area contributed by atoms with Crippen molar-refractivity contribution in [1.29, 1.82) is 0 Å². The fourth-order valence-electron chi connectivity index (χ4n) is 0.825. The quantitative estimate of drug-likeness (QED) is 0.578. The summed E-state index contributed by atoms with van der Waals surface area (Å²) in [4.78, 5) is 12.6. The van der Waals surface area contributed by atoms with Crippen molar-refractivity contribution in [3.05, 3.63) is 35.9 Å². The molecule has 0 heterocycles. The van der Waals surface area contributed by atoms with Crippen LogP contribution in [0.1, 0.15) is 5.56 Å². The summed E-state index contributed by atoms with van der Waals surface area (Å²) in [5.41, 5.74) is 1.59. The maximum absolute atomic E-state index is 10.2. The molecule has 4 heteroatoms. The first-order chi connectivity index (χ1) is 6.22.